The molecule has 5 nitrogen and oxygen atoms in total. The van der Waals surface area contributed by atoms with E-state index < -0.39 is 0 Å². The van der Waals surface area contributed by atoms with Crippen molar-refractivity contribution in [1.82, 2.24) is 20.1 Å². The number of hydrogen-bond donors (Lipinski definition) is 1. The second-order valence-electron chi connectivity index (χ2n) is 6.63. The first-order valence-corrected chi connectivity index (χ1v) is 7.70. The second-order valence-corrected chi connectivity index (χ2v) is 6.63. The summed E-state index contributed by atoms with van der Waals surface area (Å²) in [4.78, 5) is 0. The minimum atomic E-state index is 0.474. The molecule has 1 saturated carbocycles. The van der Waals surface area contributed by atoms with Gasteiger partial charge >= 0.3 is 0 Å². The van der Waals surface area contributed by atoms with Crippen molar-refractivity contribution in [1.29, 1.82) is 0 Å². The van der Waals surface area contributed by atoms with Crippen molar-refractivity contribution in [3.8, 4) is 0 Å². The Morgan fingerprint density at radius 2 is 2.35 bits per heavy atom. The average Bonchev–Trinajstić information content (AvgIpc) is 2.83. The zero-order chi connectivity index (χ0) is 14.4. The van der Waals surface area contributed by atoms with Gasteiger partial charge in [-0.3, -0.25) is 0 Å². The van der Waals surface area contributed by atoms with Crippen LogP contribution in [0.1, 0.15) is 51.8 Å². The Balaban J connectivity index is 1.80. The van der Waals surface area contributed by atoms with E-state index in [0.29, 0.717) is 11.5 Å². The fourth-order valence-electron chi connectivity index (χ4n) is 3.09. The average molecular weight is 280 g/mol. The number of ether oxygens (including phenoxy) is 1. The lowest BCUT2D eigenvalue weighted by Crippen LogP contribution is -2.37. The Hall–Kier alpha value is -0.940. The van der Waals surface area contributed by atoms with Crippen LogP contribution in [-0.2, 0) is 17.8 Å². The van der Waals surface area contributed by atoms with Crippen molar-refractivity contribution >= 4 is 0 Å². The van der Waals surface area contributed by atoms with Gasteiger partial charge in [-0.05, 0) is 31.1 Å². The molecule has 1 atom stereocenters. The van der Waals surface area contributed by atoms with E-state index in [0.717, 1.165) is 31.9 Å². The molecule has 0 spiro atoms. The van der Waals surface area contributed by atoms with Gasteiger partial charge in [0.25, 0.3) is 0 Å². The summed E-state index contributed by atoms with van der Waals surface area (Å²) in [5, 5.41) is 11.9. The summed E-state index contributed by atoms with van der Waals surface area (Å²) < 4.78 is 7.21. The van der Waals surface area contributed by atoms with Gasteiger partial charge in [0.2, 0.25) is 0 Å². The summed E-state index contributed by atoms with van der Waals surface area (Å²) in [6.45, 7) is 7.26. The molecular weight excluding hydrogens is 252 g/mol. The molecule has 20 heavy (non-hydrogen) atoms. The van der Waals surface area contributed by atoms with Crippen molar-refractivity contribution in [3.63, 3.8) is 0 Å². The Morgan fingerprint density at radius 1 is 1.50 bits per heavy atom. The molecule has 1 aromatic heterocycles. The minimum absolute atomic E-state index is 0.474. The van der Waals surface area contributed by atoms with Gasteiger partial charge in [-0.2, -0.15) is 0 Å². The lowest BCUT2D eigenvalue weighted by Gasteiger charge is -2.35. The third-order valence-electron chi connectivity index (χ3n) is 4.20. The quantitative estimate of drug-likeness (QED) is 0.779. The van der Waals surface area contributed by atoms with Crippen LogP contribution in [0.15, 0.2) is 6.33 Å². The molecule has 1 heterocycles. The van der Waals surface area contributed by atoms with Crippen molar-refractivity contribution in [2.24, 2.45) is 5.41 Å². The van der Waals surface area contributed by atoms with Crippen LogP contribution in [0.5, 0.6) is 0 Å². The predicted molar refractivity (Wildman–Crippen MR) is 79.4 cm³/mol. The van der Waals surface area contributed by atoms with Crippen molar-refractivity contribution in [2.75, 3.05) is 13.7 Å². The SMILES string of the molecule is COCCCn1cnnc1CN[C@H]1CCCC(C)(C)C1. The fraction of sp³-hybridized carbons (Fsp3) is 0.867. The largest absolute Gasteiger partial charge is 0.385 e. The Labute approximate surface area is 122 Å². The van der Waals surface area contributed by atoms with Gasteiger partial charge in [0.1, 0.15) is 12.2 Å². The number of nitrogens with one attached hydrogen (secondary N) is 1. The molecule has 0 unspecified atom stereocenters. The second kappa shape index (κ2) is 7.18. The standard InChI is InChI=1S/C15H28N4O/c1-15(2)7-4-6-13(10-15)16-11-14-18-17-12-19(14)8-5-9-20-3/h12-13,16H,4-11H2,1-3H3/t13-/m0/s1. The molecule has 1 aliphatic rings. The number of aromatic nitrogens is 3. The van der Waals surface area contributed by atoms with Crippen molar-refractivity contribution in [2.45, 2.75) is 65.1 Å². The van der Waals surface area contributed by atoms with Crippen LogP contribution in [0.4, 0.5) is 0 Å². The molecule has 2 rings (SSSR count). The molecule has 1 aliphatic carbocycles. The Morgan fingerprint density at radius 3 is 3.10 bits per heavy atom. The first-order chi connectivity index (χ1) is 9.61. The zero-order valence-electron chi connectivity index (χ0n) is 13.1. The highest BCUT2D eigenvalue weighted by atomic mass is 16.5. The monoisotopic (exact) mass is 280 g/mol. The van der Waals surface area contributed by atoms with Gasteiger partial charge in [0, 0.05) is 26.3 Å². The van der Waals surface area contributed by atoms with Gasteiger partial charge in [-0.25, -0.2) is 0 Å². The first kappa shape index (κ1) is 15.4. The molecule has 1 N–H and O–H groups in total. The number of aryl methyl sites for hydroxylation is 1. The fourth-order valence-corrected chi connectivity index (χ4v) is 3.09. The molecule has 0 aromatic carbocycles. The minimum Gasteiger partial charge on any atom is -0.385 e. The third kappa shape index (κ3) is 4.56. The predicted octanol–water partition coefficient (Wildman–Crippen LogP) is 2.37. The van der Waals surface area contributed by atoms with E-state index in [1.165, 1.54) is 25.7 Å². The summed E-state index contributed by atoms with van der Waals surface area (Å²) >= 11 is 0. The number of methoxy groups -OCH3 is 1. The smallest absolute Gasteiger partial charge is 0.146 e. The summed E-state index contributed by atoms with van der Waals surface area (Å²) in [6.07, 6.45) is 8.02. The normalized spacial score (nSPS) is 22.1. The van der Waals surface area contributed by atoms with E-state index in [1.807, 2.05) is 6.33 Å². The third-order valence-corrected chi connectivity index (χ3v) is 4.20. The van der Waals surface area contributed by atoms with Gasteiger partial charge in [-0.15, -0.1) is 10.2 Å². The summed E-state index contributed by atoms with van der Waals surface area (Å²) in [6, 6.07) is 0.614. The molecule has 5 heteroatoms. The Kier molecular flexibility index (Phi) is 5.54. The zero-order valence-corrected chi connectivity index (χ0v) is 13.1. The van der Waals surface area contributed by atoms with E-state index in [9.17, 15) is 0 Å². The van der Waals surface area contributed by atoms with Crippen molar-refractivity contribution < 1.29 is 4.74 Å². The number of hydrogen-bond acceptors (Lipinski definition) is 4. The summed E-state index contributed by atoms with van der Waals surface area (Å²) in [5.74, 6) is 1.03. The van der Waals surface area contributed by atoms with E-state index in [-0.39, 0.29) is 0 Å². The molecule has 1 fully saturated rings. The van der Waals surface area contributed by atoms with E-state index in [2.05, 4.69) is 33.9 Å². The van der Waals surface area contributed by atoms with Gasteiger partial charge < -0.3 is 14.6 Å². The molecule has 114 valence electrons. The summed E-state index contributed by atoms with van der Waals surface area (Å²) in [7, 11) is 1.74. The highest BCUT2D eigenvalue weighted by molar-refractivity contribution is 4.89. The van der Waals surface area contributed by atoms with Crippen LogP contribution in [0.3, 0.4) is 0 Å². The first-order valence-electron chi connectivity index (χ1n) is 7.70. The van der Waals surface area contributed by atoms with Gasteiger partial charge in [-0.1, -0.05) is 20.3 Å². The molecular formula is C15H28N4O. The Bertz CT molecular complexity index is 402. The molecule has 0 aliphatic heterocycles. The topological polar surface area (TPSA) is 52.0 Å². The highest BCUT2D eigenvalue weighted by Gasteiger charge is 2.27. The van der Waals surface area contributed by atoms with Crippen molar-refractivity contribution in [3.05, 3.63) is 12.2 Å². The van der Waals surface area contributed by atoms with E-state index in [4.69, 9.17) is 4.74 Å². The molecule has 0 saturated heterocycles. The van der Waals surface area contributed by atoms with Crippen LogP contribution >= 0.6 is 0 Å². The lowest BCUT2D eigenvalue weighted by molar-refractivity contribution is 0.188. The maximum atomic E-state index is 5.09. The number of nitrogens with zero attached hydrogens (tertiary/aromatic N) is 3. The molecule has 0 amide bonds. The summed E-state index contributed by atoms with van der Waals surface area (Å²) in [5.41, 5.74) is 0.474. The highest BCUT2D eigenvalue weighted by Crippen LogP contribution is 2.35. The van der Waals surface area contributed by atoms with E-state index in [1.54, 1.807) is 7.11 Å². The van der Waals surface area contributed by atoms with E-state index >= 15 is 0 Å². The maximum Gasteiger partial charge on any atom is 0.146 e. The van der Waals surface area contributed by atoms with Crippen LogP contribution < -0.4 is 5.32 Å². The molecule has 0 radical (unpaired) electrons. The maximum absolute atomic E-state index is 5.09. The van der Waals surface area contributed by atoms with Gasteiger partial charge in [0.05, 0.1) is 6.54 Å². The number of rotatable bonds is 7. The van der Waals surface area contributed by atoms with Crippen LogP contribution in [0.2, 0.25) is 0 Å². The van der Waals surface area contributed by atoms with Crippen LogP contribution in [-0.4, -0.2) is 34.5 Å². The van der Waals surface area contributed by atoms with Crippen LogP contribution in [0, 0.1) is 5.41 Å². The molecule has 1 aromatic rings. The molecule has 0 bridgehead atoms. The van der Waals surface area contributed by atoms with Crippen LogP contribution in [0.25, 0.3) is 0 Å². The van der Waals surface area contributed by atoms with Gasteiger partial charge in [0.15, 0.2) is 0 Å². The lowest BCUT2D eigenvalue weighted by atomic mass is 9.75.